The van der Waals surface area contributed by atoms with Crippen LogP contribution in [0.15, 0.2) is 41.5 Å². The van der Waals surface area contributed by atoms with Crippen molar-refractivity contribution >= 4 is 5.71 Å². The summed E-state index contributed by atoms with van der Waals surface area (Å²) in [6.45, 7) is 0. The summed E-state index contributed by atoms with van der Waals surface area (Å²) in [4.78, 5) is 0. The van der Waals surface area contributed by atoms with Gasteiger partial charge in [-0.25, -0.2) is 0 Å². The Morgan fingerprint density at radius 2 is 1.26 bits per heavy atom. The van der Waals surface area contributed by atoms with Gasteiger partial charge in [-0.05, 0) is 47.5 Å². The first kappa shape index (κ1) is 11.6. The number of hydrazone groups is 1. The molecule has 0 radical (unpaired) electrons. The highest BCUT2D eigenvalue weighted by molar-refractivity contribution is 6.24. The number of hydrogen-bond acceptors (Lipinski definition) is 4. The Labute approximate surface area is 111 Å². The number of hydrogen-bond donors (Lipinski definition) is 1. The largest absolute Gasteiger partial charge is 0.497 e. The second-order valence-corrected chi connectivity index (χ2v) is 4.30. The van der Waals surface area contributed by atoms with Crippen LogP contribution in [-0.4, -0.2) is 19.9 Å². The molecule has 0 bridgehead atoms. The van der Waals surface area contributed by atoms with E-state index in [1.807, 2.05) is 36.4 Å². The van der Waals surface area contributed by atoms with Crippen LogP contribution in [0.1, 0.15) is 11.1 Å². The fraction of sp³-hybridized carbons (Fsp3) is 0.133. The van der Waals surface area contributed by atoms with Crippen molar-refractivity contribution in [2.75, 3.05) is 14.2 Å². The molecule has 0 aliphatic heterocycles. The van der Waals surface area contributed by atoms with Gasteiger partial charge in [-0.2, -0.15) is 5.10 Å². The Balaban J connectivity index is 2.29. The first-order valence-corrected chi connectivity index (χ1v) is 5.93. The minimum atomic E-state index is 0.801. The van der Waals surface area contributed by atoms with Gasteiger partial charge in [-0.3, -0.25) is 0 Å². The monoisotopic (exact) mass is 254 g/mol. The third kappa shape index (κ3) is 1.64. The summed E-state index contributed by atoms with van der Waals surface area (Å²) in [6, 6.07) is 11.8. The summed E-state index contributed by atoms with van der Waals surface area (Å²) in [7, 11) is 3.31. The Morgan fingerprint density at radius 1 is 0.789 bits per heavy atom. The number of benzene rings is 2. The lowest BCUT2D eigenvalue weighted by Crippen LogP contribution is -2.01. The first-order chi connectivity index (χ1) is 9.28. The summed E-state index contributed by atoms with van der Waals surface area (Å²) in [5, 5.41) is 3.92. The lowest BCUT2D eigenvalue weighted by Gasteiger charge is -2.05. The van der Waals surface area contributed by atoms with Crippen molar-refractivity contribution in [2.24, 2.45) is 10.9 Å². The lowest BCUT2D eigenvalue weighted by atomic mass is 10.1. The molecule has 1 aliphatic rings. The van der Waals surface area contributed by atoms with Gasteiger partial charge in [0.05, 0.1) is 19.9 Å². The van der Waals surface area contributed by atoms with Crippen LogP contribution in [0.25, 0.3) is 11.1 Å². The molecule has 0 spiro atoms. The molecule has 0 amide bonds. The third-order valence-electron chi connectivity index (χ3n) is 3.38. The van der Waals surface area contributed by atoms with Crippen LogP contribution in [-0.2, 0) is 0 Å². The maximum absolute atomic E-state index is 5.53. The zero-order valence-corrected chi connectivity index (χ0v) is 10.8. The van der Waals surface area contributed by atoms with Crippen LogP contribution in [0, 0.1) is 0 Å². The van der Waals surface area contributed by atoms with Gasteiger partial charge in [0.1, 0.15) is 11.5 Å². The highest BCUT2D eigenvalue weighted by atomic mass is 16.5. The zero-order chi connectivity index (χ0) is 13.4. The summed E-state index contributed by atoms with van der Waals surface area (Å²) < 4.78 is 10.6. The predicted octanol–water partition coefficient (Wildman–Crippen LogP) is 2.40. The first-order valence-electron chi connectivity index (χ1n) is 5.93. The van der Waals surface area contributed by atoms with Crippen LogP contribution in [0.2, 0.25) is 0 Å². The Kier molecular flexibility index (Phi) is 2.63. The van der Waals surface area contributed by atoms with Gasteiger partial charge in [0.25, 0.3) is 0 Å². The molecule has 0 aromatic heterocycles. The molecule has 1 aliphatic carbocycles. The van der Waals surface area contributed by atoms with E-state index < -0.39 is 0 Å². The van der Waals surface area contributed by atoms with Crippen molar-refractivity contribution in [2.45, 2.75) is 0 Å². The molecule has 3 rings (SSSR count). The molecule has 2 aromatic carbocycles. The highest BCUT2D eigenvalue weighted by Gasteiger charge is 2.25. The summed E-state index contributed by atoms with van der Waals surface area (Å²) in [6.07, 6.45) is 0. The average Bonchev–Trinajstić information content (AvgIpc) is 2.79. The number of nitrogens with zero attached hydrogens (tertiary/aromatic N) is 1. The van der Waals surface area contributed by atoms with Gasteiger partial charge in [-0.1, -0.05) is 0 Å². The number of rotatable bonds is 2. The number of ether oxygens (including phenoxy) is 2. The van der Waals surface area contributed by atoms with Crippen LogP contribution < -0.4 is 15.3 Å². The van der Waals surface area contributed by atoms with Crippen LogP contribution in [0.4, 0.5) is 0 Å². The van der Waals surface area contributed by atoms with Crippen molar-refractivity contribution < 1.29 is 9.47 Å². The minimum Gasteiger partial charge on any atom is -0.497 e. The van der Waals surface area contributed by atoms with Crippen molar-refractivity contribution in [1.82, 2.24) is 0 Å². The molecule has 19 heavy (non-hydrogen) atoms. The van der Waals surface area contributed by atoms with Gasteiger partial charge < -0.3 is 15.3 Å². The quantitative estimate of drug-likeness (QED) is 0.564. The van der Waals surface area contributed by atoms with Crippen molar-refractivity contribution in [1.29, 1.82) is 0 Å². The van der Waals surface area contributed by atoms with Crippen LogP contribution >= 0.6 is 0 Å². The van der Waals surface area contributed by atoms with Gasteiger partial charge in [0, 0.05) is 11.1 Å². The normalized spacial score (nSPS) is 11.8. The second kappa shape index (κ2) is 4.31. The number of fused-ring (bicyclic) bond motifs is 3. The molecular formula is C15H14N2O2. The van der Waals surface area contributed by atoms with E-state index in [2.05, 4.69) is 5.10 Å². The Bertz CT molecular complexity index is 622. The molecule has 0 unspecified atom stereocenters. The Hall–Kier alpha value is -2.49. The summed E-state index contributed by atoms with van der Waals surface area (Å²) in [5.74, 6) is 7.15. The highest BCUT2D eigenvalue weighted by Crippen LogP contribution is 2.40. The molecule has 4 heteroatoms. The lowest BCUT2D eigenvalue weighted by molar-refractivity contribution is 0.414. The fourth-order valence-electron chi connectivity index (χ4n) is 2.44. The average molecular weight is 254 g/mol. The van der Waals surface area contributed by atoms with Gasteiger partial charge in [0.2, 0.25) is 0 Å². The summed E-state index contributed by atoms with van der Waals surface area (Å²) in [5.41, 5.74) is 4.98. The topological polar surface area (TPSA) is 56.8 Å². The van der Waals surface area contributed by atoms with Crippen molar-refractivity contribution in [3.05, 3.63) is 47.5 Å². The maximum atomic E-state index is 5.53. The second-order valence-electron chi connectivity index (χ2n) is 4.30. The van der Waals surface area contributed by atoms with Crippen LogP contribution in [0.3, 0.4) is 0 Å². The minimum absolute atomic E-state index is 0.801. The molecule has 0 atom stereocenters. The van der Waals surface area contributed by atoms with Crippen molar-refractivity contribution in [3.8, 4) is 22.6 Å². The predicted molar refractivity (Wildman–Crippen MR) is 74.8 cm³/mol. The van der Waals surface area contributed by atoms with E-state index in [1.165, 1.54) is 0 Å². The number of methoxy groups -OCH3 is 2. The molecule has 0 fully saturated rings. The maximum Gasteiger partial charge on any atom is 0.119 e. The molecule has 0 heterocycles. The van der Waals surface area contributed by atoms with E-state index >= 15 is 0 Å². The van der Waals surface area contributed by atoms with Crippen LogP contribution in [0.5, 0.6) is 11.5 Å². The van der Waals surface area contributed by atoms with Crippen molar-refractivity contribution in [3.63, 3.8) is 0 Å². The van der Waals surface area contributed by atoms with E-state index in [1.54, 1.807) is 14.2 Å². The van der Waals surface area contributed by atoms with Gasteiger partial charge >= 0.3 is 0 Å². The van der Waals surface area contributed by atoms with E-state index in [4.69, 9.17) is 15.3 Å². The zero-order valence-electron chi connectivity index (χ0n) is 10.8. The van der Waals surface area contributed by atoms with E-state index in [9.17, 15) is 0 Å². The molecular weight excluding hydrogens is 240 g/mol. The molecule has 96 valence electrons. The molecule has 2 N–H and O–H groups in total. The SMILES string of the molecule is COc1ccc2c(c1)-c1cc(OC)ccc1C2=NN. The Morgan fingerprint density at radius 3 is 1.63 bits per heavy atom. The molecule has 0 saturated heterocycles. The fourth-order valence-corrected chi connectivity index (χ4v) is 2.44. The van der Waals surface area contributed by atoms with E-state index in [0.717, 1.165) is 39.5 Å². The third-order valence-corrected chi connectivity index (χ3v) is 3.38. The van der Waals surface area contributed by atoms with E-state index in [0.29, 0.717) is 0 Å². The standard InChI is InChI=1S/C15H14N2O2/c1-18-9-3-5-11-13(7-9)14-8-10(19-2)4-6-12(14)15(11)17-16/h3-8H,16H2,1-2H3. The number of nitrogens with two attached hydrogens (primary N) is 1. The van der Waals surface area contributed by atoms with Gasteiger partial charge in [0.15, 0.2) is 0 Å². The smallest absolute Gasteiger partial charge is 0.119 e. The van der Waals surface area contributed by atoms with Gasteiger partial charge in [-0.15, -0.1) is 0 Å². The molecule has 4 nitrogen and oxygen atoms in total. The molecule has 0 saturated carbocycles. The van der Waals surface area contributed by atoms with E-state index in [-0.39, 0.29) is 0 Å². The summed E-state index contributed by atoms with van der Waals surface area (Å²) >= 11 is 0. The molecule has 2 aromatic rings.